The van der Waals surface area contributed by atoms with Gasteiger partial charge in [-0.05, 0) is 36.8 Å². The molecule has 7 heteroatoms. The van der Waals surface area contributed by atoms with Crippen molar-refractivity contribution in [1.29, 1.82) is 0 Å². The molecular formula is C19H23N5O2. The Morgan fingerprint density at radius 2 is 2.23 bits per heavy atom. The van der Waals surface area contributed by atoms with Crippen molar-refractivity contribution in [1.82, 2.24) is 25.0 Å². The number of methoxy groups -OCH3 is 1. The van der Waals surface area contributed by atoms with Crippen LogP contribution in [0.1, 0.15) is 46.8 Å². The molecule has 2 aromatic rings. The number of rotatable bonds is 5. The van der Waals surface area contributed by atoms with Crippen molar-refractivity contribution < 1.29 is 9.53 Å². The van der Waals surface area contributed by atoms with Crippen LogP contribution in [0.2, 0.25) is 0 Å². The highest BCUT2D eigenvalue weighted by Crippen LogP contribution is 2.39. The fourth-order valence-corrected chi connectivity index (χ4v) is 4.06. The Morgan fingerprint density at radius 1 is 1.35 bits per heavy atom. The highest BCUT2D eigenvalue weighted by atomic mass is 16.5. The lowest BCUT2D eigenvalue weighted by molar-refractivity contribution is 0.0707. The zero-order chi connectivity index (χ0) is 17.7. The Kier molecular flexibility index (Phi) is 3.79. The lowest BCUT2D eigenvalue weighted by Crippen LogP contribution is -2.37. The SMILES string of the molecule is COC[C@@H]1C[C@@H](N2Cc3ccc(-n4cc(C5CC5)cn4)nc3C2=O)CN1. The van der Waals surface area contributed by atoms with Crippen molar-refractivity contribution in [2.75, 3.05) is 20.3 Å². The molecule has 2 aliphatic heterocycles. The molecule has 1 saturated heterocycles. The minimum atomic E-state index is 0.0290. The van der Waals surface area contributed by atoms with Gasteiger partial charge >= 0.3 is 0 Å². The summed E-state index contributed by atoms with van der Waals surface area (Å²) in [6, 6.07) is 4.49. The molecule has 2 atom stereocenters. The second-order valence-corrected chi connectivity index (χ2v) is 7.55. The van der Waals surface area contributed by atoms with E-state index in [-0.39, 0.29) is 11.9 Å². The van der Waals surface area contributed by atoms with Crippen molar-refractivity contribution in [3.8, 4) is 5.82 Å². The Hall–Kier alpha value is -2.25. The van der Waals surface area contributed by atoms with Gasteiger partial charge in [0.25, 0.3) is 5.91 Å². The van der Waals surface area contributed by atoms with Crippen LogP contribution in [-0.4, -0.2) is 57.9 Å². The molecule has 26 heavy (non-hydrogen) atoms. The number of hydrogen-bond donors (Lipinski definition) is 1. The second-order valence-electron chi connectivity index (χ2n) is 7.55. The predicted octanol–water partition coefficient (Wildman–Crippen LogP) is 1.48. The summed E-state index contributed by atoms with van der Waals surface area (Å²) < 4.78 is 7.01. The third kappa shape index (κ3) is 2.71. The van der Waals surface area contributed by atoms with Gasteiger partial charge in [-0.3, -0.25) is 4.79 Å². The first-order valence-corrected chi connectivity index (χ1v) is 9.31. The van der Waals surface area contributed by atoms with Gasteiger partial charge in [0.1, 0.15) is 5.69 Å². The number of carbonyl (C=O) groups is 1. The zero-order valence-corrected chi connectivity index (χ0v) is 14.9. The van der Waals surface area contributed by atoms with Crippen LogP contribution in [0.3, 0.4) is 0 Å². The van der Waals surface area contributed by atoms with Gasteiger partial charge in [0.2, 0.25) is 0 Å². The molecule has 1 aliphatic carbocycles. The molecule has 1 amide bonds. The molecule has 0 aromatic carbocycles. The van der Waals surface area contributed by atoms with Gasteiger partial charge in [0.15, 0.2) is 5.82 Å². The predicted molar refractivity (Wildman–Crippen MR) is 95.3 cm³/mol. The molecule has 5 rings (SSSR count). The molecule has 1 saturated carbocycles. The van der Waals surface area contributed by atoms with Gasteiger partial charge in [-0.15, -0.1) is 0 Å². The Morgan fingerprint density at radius 3 is 3.04 bits per heavy atom. The number of ether oxygens (including phenoxy) is 1. The standard InChI is InChI=1S/C19H23N5O2/c1-26-11-15-6-16(8-20-15)23-9-13-4-5-17(22-18(13)19(23)25)24-10-14(7-21-24)12-2-3-12/h4-5,7,10,12,15-16,20H,2-3,6,8-9,11H2,1H3/t15-,16+/m0/s1. The van der Waals surface area contributed by atoms with E-state index in [0.29, 0.717) is 36.6 Å². The molecule has 7 nitrogen and oxygen atoms in total. The van der Waals surface area contributed by atoms with E-state index in [1.54, 1.807) is 11.8 Å². The van der Waals surface area contributed by atoms with Gasteiger partial charge in [-0.2, -0.15) is 5.10 Å². The van der Waals surface area contributed by atoms with E-state index < -0.39 is 0 Å². The number of aromatic nitrogens is 3. The number of nitrogens with one attached hydrogen (secondary N) is 1. The summed E-state index contributed by atoms with van der Waals surface area (Å²) in [5, 5.41) is 7.87. The molecular weight excluding hydrogens is 330 g/mol. The monoisotopic (exact) mass is 353 g/mol. The van der Waals surface area contributed by atoms with Gasteiger partial charge in [-0.1, -0.05) is 6.07 Å². The summed E-state index contributed by atoms with van der Waals surface area (Å²) in [4.78, 5) is 19.5. The number of carbonyl (C=O) groups excluding carboxylic acids is 1. The minimum Gasteiger partial charge on any atom is -0.383 e. The number of pyridine rings is 1. The Bertz CT molecular complexity index is 844. The van der Waals surface area contributed by atoms with Gasteiger partial charge < -0.3 is 15.0 Å². The summed E-state index contributed by atoms with van der Waals surface area (Å²) in [7, 11) is 1.71. The molecule has 2 aromatic heterocycles. The molecule has 136 valence electrons. The van der Waals surface area contributed by atoms with Crippen LogP contribution in [-0.2, 0) is 11.3 Å². The molecule has 4 heterocycles. The molecule has 0 unspecified atom stereocenters. The van der Waals surface area contributed by atoms with Crippen LogP contribution in [0, 0.1) is 0 Å². The third-order valence-electron chi connectivity index (χ3n) is 5.66. The minimum absolute atomic E-state index is 0.0290. The topological polar surface area (TPSA) is 72.3 Å². The first-order chi connectivity index (χ1) is 12.7. The number of nitrogens with zero attached hydrogens (tertiary/aromatic N) is 4. The highest BCUT2D eigenvalue weighted by molar-refractivity contribution is 5.96. The number of fused-ring (bicyclic) bond motifs is 1. The average molecular weight is 353 g/mol. The highest BCUT2D eigenvalue weighted by Gasteiger charge is 2.38. The first-order valence-electron chi connectivity index (χ1n) is 9.31. The molecule has 2 fully saturated rings. The van der Waals surface area contributed by atoms with Gasteiger partial charge in [-0.25, -0.2) is 9.67 Å². The van der Waals surface area contributed by atoms with Crippen LogP contribution >= 0.6 is 0 Å². The summed E-state index contributed by atoms with van der Waals surface area (Å²) >= 11 is 0. The van der Waals surface area contributed by atoms with Crippen molar-refractivity contribution in [3.63, 3.8) is 0 Å². The molecule has 0 spiro atoms. The third-order valence-corrected chi connectivity index (χ3v) is 5.66. The van der Waals surface area contributed by atoms with Crippen molar-refractivity contribution >= 4 is 5.91 Å². The summed E-state index contributed by atoms with van der Waals surface area (Å²) in [6.45, 7) is 2.13. The summed E-state index contributed by atoms with van der Waals surface area (Å²) in [5.74, 6) is 1.40. The smallest absolute Gasteiger partial charge is 0.273 e. The number of hydrogen-bond acceptors (Lipinski definition) is 5. The quantitative estimate of drug-likeness (QED) is 0.881. The van der Waals surface area contributed by atoms with Crippen LogP contribution in [0.15, 0.2) is 24.5 Å². The van der Waals surface area contributed by atoms with E-state index >= 15 is 0 Å². The fraction of sp³-hybridized carbons (Fsp3) is 0.526. The van der Waals surface area contributed by atoms with E-state index in [2.05, 4.69) is 15.4 Å². The van der Waals surface area contributed by atoms with E-state index in [0.717, 1.165) is 18.5 Å². The lowest BCUT2D eigenvalue weighted by atomic mass is 10.1. The largest absolute Gasteiger partial charge is 0.383 e. The van der Waals surface area contributed by atoms with E-state index in [1.807, 2.05) is 29.4 Å². The normalized spacial score (nSPS) is 25.1. The van der Waals surface area contributed by atoms with Crippen LogP contribution in [0.25, 0.3) is 5.82 Å². The maximum Gasteiger partial charge on any atom is 0.273 e. The molecule has 3 aliphatic rings. The van der Waals surface area contributed by atoms with Crippen LogP contribution < -0.4 is 5.32 Å². The lowest BCUT2D eigenvalue weighted by Gasteiger charge is -2.22. The summed E-state index contributed by atoms with van der Waals surface area (Å²) in [6.07, 6.45) is 7.37. The Balaban J connectivity index is 1.35. The average Bonchev–Trinajstić information content (AvgIpc) is 3.06. The van der Waals surface area contributed by atoms with Gasteiger partial charge in [0, 0.05) is 44.0 Å². The Labute approximate surface area is 152 Å². The number of amides is 1. The van der Waals surface area contributed by atoms with Crippen LogP contribution in [0.5, 0.6) is 0 Å². The van der Waals surface area contributed by atoms with Crippen molar-refractivity contribution in [2.45, 2.75) is 43.8 Å². The van der Waals surface area contributed by atoms with Crippen LogP contribution in [0.4, 0.5) is 0 Å². The molecule has 0 bridgehead atoms. The van der Waals surface area contributed by atoms with E-state index in [4.69, 9.17) is 4.74 Å². The van der Waals surface area contributed by atoms with Crippen molar-refractivity contribution in [2.24, 2.45) is 0 Å². The summed E-state index contributed by atoms with van der Waals surface area (Å²) in [5.41, 5.74) is 2.84. The second kappa shape index (κ2) is 6.17. The fourth-order valence-electron chi connectivity index (χ4n) is 4.06. The van der Waals surface area contributed by atoms with E-state index in [1.165, 1.54) is 18.4 Å². The van der Waals surface area contributed by atoms with Crippen molar-refractivity contribution in [3.05, 3.63) is 41.3 Å². The first kappa shape index (κ1) is 16.0. The van der Waals surface area contributed by atoms with E-state index in [9.17, 15) is 4.79 Å². The van der Waals surface area contributed by atoms with Gasteiger partial charge in [0.05, 0.1) is 12.8 Å². The maximum atomic E-state index is 12.9. The zero-order valence-electron chi connectivity index (χ0n) is 14.9. The molecule has 1 N–H and O–H groups in total. The molecule has 0 radical (unpaired) electrons. The maximum absolute atomic E-state index is 12.9.